The fourth-order valence-electron chi connectivity index (χ4n) is 3.80. The molecule has 0 saturated carbocycles. The first-order valence-corrected chi connectivity index (χ1v) is 11.3. The summed E-state index contributed by atoms with van der Waals surface area (Å²) in [5.41, 5.74) is 11.4. The molecule has 12 heteroatoms. The lowest BCUT2D eigenvalue weighted by atomic mass is 10.0. The van der Waals surface area contributed by atoms with Gasteiger partial charge in [0.2, 0.25) is 17.7 Å². The number of hydrogen-bond acceptors (Lipinski definition) is 7. The van der Waals surface area contributed by atoms with E-state index in [1.165, 1.54) is 4.90 Å². The predicted molar refractivity (Wildman–Crippen MR) is 119 cm³/mol. The van der Waals surface area contributed by atoms with Gasteiger partial charge >= 0.3 is 11.9 Å². The summed E-state index contributed by atoms with van der Waals surface area (Å²) in [6.45, 7) is 4.56. The number of unbranched alkanes of at least 4 members (excludes halogenated alkanes) is 1. The normalized spacial score (nSPS) is 18.5. The first-order valence-electron chi connectivity index (χ1n) is 11.3. The van der Waals surface area contributed by atoms with Gasteiger partial charge in [0.1, 0.15) is 18.1 Å². The van der Waals surface area contributed by atoms with E-state index in [1.807, 2.05) is 13.8 Å². The van der Waals surface area contributed by atoms with Crippen molar-refractivity contribution in [3.8, 4) is 0 Å². The second-order valence-electron chi connectivity index (χ2n) is 8.77. The Balaban J connectivity index is 2.88. The zero-order valence-electron chi connectivity index (χ0n) is 19.3. The van der Waals surface area contributed by atoms with Crippen molar-refractivity contribution in [1.29, 1.82) is 0 Å². The Morgan fingerprint density at radius 3 is 2.27 bits per heavy atom. The van der Waals surface area contributed by atoms with E-state index in [9.17, 15) is 34.2 Å². The standard InChI is InChI=1S/C21H37N5O7/c1-12(2)10-13(23)20(31)26-9-5-7-16(26)19(30)25-15(11-17(27)28)18(29)24-14(21(32)33)6-3-4-8-22/h12-16H,3-11,22-23H2,1-2H3,(H,24,29)(H,25,30)(H,27,28)(H,32,33). The molecular weight excluding hydrogens is 434 g/mol. The fourth-order valence-corrected chi connectivity index (χ4v) is 3.80. The van der Waals surface area contributed by atoms with Gasteiger partial charge in [-0.3, -0.25) is 19.2 Å². The summed E-state index contributed by atoms with van der Waals surface area (Å²) < 4.78 is 0. The summed E-state index contributed by atoms with van der Waals surface area (Å²) in [7, 11) is 0. The largest absolute Gasteiger partial charge is 0.481 e. The van der Waals surface area contributed by atoms with Gasteiger partial charge in [-0.1, -0.05) is 13.8 Å². The number of carboxylic acid groups (broad SMARTS) is 2. The average Bonchev–Trinajstić information content (AvgIpc) is 3.20. The Labute approximate surface area is 193 Å². The number of hydrogen-bond donors (Lipinski definition) is 6. The Bertz CT molecular complexity index is 715. The van der Waals surface area contributed by atoms with Crippen molar-refractivity contribution < 1.29 is 34.2 Å². The highest BCUT2D eigenvalue weighted by Gasteiger charge is 2.38. The zero-order chi connectivity index (χ0) is 25.1. The minimum Gasteiger partial charge on any atom is -0.481 e. The predicted octanol–water partition coefficient (Wildman–Crippen LogP) is -0.991. The molecule has 0 bridgehead atoms. The van der Waals surface area contributed by atoms with Crippen LogP contribution in [0, 0.1) is 5.92 Å². The van der Waals surface area contributed by atoms with Crippen LogP contribution in [0.1, 0.15) is 58.8 Å². The van der Waals surface area contributed by atoms with Gasteiger partial charge in [-0.15, -0.1) is 0 Å². The molecule has 1 fully saturated rings. The molecule has 188 valence electrons. The highest BCUT2D eigenvalue weighted by Crippen LogP contribution is 2.20. The Morgan fingerprint density at radius 2 is 1.73 bits per heavy atom. The van der Waals surface area contributed by atoms with E-state index in [2.05, 4.69) is 10.6 Å². The zero-order valence-corrected chi connectivity index (χ0v) is 19.3. The van der Waals surface area contributed by atoms with Crippen LogP contribution in [0.15, 0.2) is 0 Å². The summed E-state index contributed by atoms with van der Waals surface area (Å²) in [5, 5.41) is 23.2. The van der Waals surface area contributed by atoms with Crippen molar-refractivity contribution in [3.05, 3.63) is 0 Å². The van der Waals surface area contributed by atoms with Gasteiger partial charge in [0.15, 0.2) is 0 Å². The van der Waals surface area contributed by atoms with Gasteiger partial charge in [-0.05, 0) is 51.0 Å². The lowest BCUT2D eigenvalue weighted by molar-refractivity contribution is -0.145. The minimum absolute atomic E-state index is 0.116. The van der Waals surface area contributed by atoms with Crippen LogP contribution in [0.4, 0.5) is 0 Å². The van der Waals surface area contributed by atoms with Gasteiger partial charge in [0, 0.05) is 6.54 Å². The monoisotopic (exact) mass is 471 g/mol. The lowest BCUT2D eigenvalue weighted by Gasteiger charge is -2.28. The van der Waals surface area contributed by atoms with E-state index in [0.29, 0.717) is 45.2 Å². The second kappa shape index (κ2) is 13.7. The van der Waals surface area contributed by atoms with Crippen molar-refractivity contribution in [2.45, 2.75) is 83.0 Å². The Kier molecular flexibility index (Phi) is 11.8. The van der Waals surface area contributed by atoms with Crippen LogP contribution in [0.3, 0.4) is 0 Å². The smallest absolute Gasteiger partial charge is 0.326 e. The molecule has 33 heavy (non-hydrogen) atoms. The van der Waals surface area contributed by atoms with Crippen LogP contribution in [0.2, 0.25) is 0 Å². The molecule has 1 rings (SSSR count). The molecule has 1 heterocycles. The topological polar surface area (TPSA) is 205 Å². The van der Waals surface area contributed by atoms with Gasteiger partial charge in [0.25, 0.3) is 0 Å². The van der Waals surface area contributed by atoms with Crippen LogP contribution in [-0.2, 0) is 24.0 Å². The summed E-state index contributed by atoms with van der Waals surface area (Å²) >= 11 is 0. The molecule has 4 unspecified atom stereocenters. The number of likely N-dealkylation sites (tertiary alicyclic amines) is 1. The maximum absolute atomic E-state index is 12.9. The van der Waals surface area contributed by atoms with Crippen LogP contribution in [0.25, 0.3) is 0 Å². The maximum Gasteiger partial charge on any atom is 0.326 e. The van der Waals surface area contributed by atoms with Gasteiger partial charge < -0.3 is 37.2 Å². The lowest BCUT2D eigenvalue weighted by Crippen LogP contribution is -2.57. The number of nitrogens with zero attached hydrogens (tertiary/aromatic N) is 1. The van der Waals surface area contributed by atoms with Crippen molar-refractivity contribution in [1.82, 2.24) is 15.5 Å². The Hall–Kier alpha value is -2.73. The Morgan fingerprint density at radius 1 is 1.06 bits per heavy atom. The van der Waals surface area contributed by atoms with Crippen LogP contribution in [-0.4, -0.2) is 82.0 Å². The molecule has 8 N–H and O–H groups in total. The van der Waals surface area contributed by atoms with E-state index in [4.69, 9.17) is 11.5 Å². The molecule has 0 spiro atoms. The third-order valence-electron chi connectivity index (χ3n) is 5.45. The molecule has 1 saturated heterocycles. The number of rotatable bonds is 14. The van der Waals surface area contributed by atoms with Crippen molar-refractivity contribution >= 4 is 29.7 Å². The molecule has 0 radical (unpaired) electrons. The number of nitrogens with one attached hydrogen (secondary N) is 2. The third-order valence-corrected chi connectivity index (χ3v) is 5.45. The quantitative estimate of drug-likeness (QED) is 0.172. The SMILES string of the molecule is CC(C)CC(N)C(=O)N1CCCC1C(=O)NC(CC(=O)O)C(=O)NC(CCCCN)C(=O)O. The van der Waals surface area contributed by atoms with E-state index in [1.54, 1.807) is 0 Å². The maximum atomic E-state index is 12.9. The molecule has 12 nitrogen and oxygen atoms in total. The molecule has 1 aliphatic heterocycles. The van der Waals surface area contributed by atoms with Gasteiger partial charge in [-0.2, -0.15) is 0 Å². The summed E-state index contributed by atoms with van der Waals surface area (Å²) in [5.74, 6) is -4.38. The molecule has 0 aromatic rings. The van der Waals surface area contributed by atoms with Crippen molar-refractivity contribution in [2.24, 2.45) is 17.4 Å². The number of carbonyl (C=O) groups is 5. The summed E-state index contributed by atoms with van der Waals surface area (Å²) in [4.78, 5) is 62.3. The minimum atomic E-state index is -1.49. The summed E-state index contributed by atoms with van der Waals surface area (Å²) in [6.07, 6.45) is 1.78. The van der Waals surface area contributed by atoms with Gasteiger partial charge in [0.05, 0.1) is 12.5 Å². The number of carboxylic acids is 2. The van der Waals surface area contributed by atoms with Crippen LogP contribution < -0.4 is 22.1 Å². The van der Waals surface area contributed by atoms with Crippen molar-refractivity contribution in [3.63, 3.8) is 0 Å². The second-order valence-corrected chi connectivity index (χ2v) is 8.77. The molecule has 1 aliphatic rings. The van der Waals surface area contributed by atoms with Gasteiger partial charge in [-0.25, -0.2) is 4.79 Å². The number of nitrogens with two attached hydrogens (primary N) is 2. The number of amides is 3. The molecular formula is C21H37N5O7. The average molecular weight is 472 g/mol. The van der Waals surface area contributed by atoms with Crippen molar-refractivity contribution in [2.75, 3.05) is 13.1 Å². The molecule has 0 aromatic heterocycles. The van der Waals surface area contributed by atoms with E-state index in [-0.39, 0.29) is 18.2 Å². The molecule has 0 aliphatic carbocycles. The highest BCUT2D eigenvalue weighted by atomic mass is 16.4. The molecule has 0 aromatic carbocycles. The number of carbonyl (C=O) groups excluding carboxylic acids is 3. The highest BCUT2D eigenvalue weighted by molar-refractivity contribution is 5.95. The molecule has 4 atom stereocenters. The molecule has 3 amide bonds. The number of aliphatic carboxylic acids is 2. The first-order chi connectivity index (χ1) is 15.5. The summed E-state index contributed by atoms with van der Waals surface area (Å²) in [6, 6.07) is -4.37. The third kappa shape index (κ3) is 9.34. The van der Waals surface area contributed by atoms with E-state index < -0.39 is 54.3 Å². The van der Waals surface area contributed by atoms with E-state index in [0.717, 1.165) is 0 Å². The van der Waals surface area contributed by atoms with E-state index >= 15 is 0 Å². The van der Waals surface area contributed by atoms with Crippen LogP contribution in [0.5, 0.6) is 0 Å². The fraction of sp³-hybridized carbons (Fsp3) is 0.762. The van der Waals surface area contributed by atoms with Crippen LogP contribution >= 0.6 is 0 Å². The first kappa shape index (κ1) is 28.3.